The van der Waals surface area contributed by atoms with Gasteiger partial charge in [0.05, 0.1) is 0 Å². The summed E-state index contributed by atoms with van der Waals surface area (Å²) >= 11 is 0. The van der Waals surface area contributed by atoms with Gasteiger partial charge in [-0.05, 0) is 0 Å². The molecule has 2 rings (SSSR count). The number of pyridine rings is 1. The summed E-state index contributed by atoms with van der Waals surface area (Å²) in [4.78, 5) is 5.94. The molecule has 0 atom stereocenters. The van der Waals surface area contributed by atoms with Gasteiger partial charge in [0, 0.05) is 2230 Å². The average molecular weight is 6230 g/mol. The van der Waals surface area contributed by atoms with Crippen LogP contribution in [0.25, 0.3) is 0 Å². The monoisotopic (exact) mass is 6230 g/mol. The molecule has 68 radical (unpaired) electrons. The Balaban J connectivity index is -0.000000000509. The van der Waals surface area contributed by atoms with E-state index >= 15 is 0 Å². The maximum absolute atomic E-state index is 3.93. The first-order chi connectivity index (χ1) is 6.88. The van der Waals surface area contributed by atoms with Crippen molar-refractivity contribution in [3.05, 3.63) is 54.9 Å². The first kappa shape index (κ1) is 474. The van der Waals surface area contributed by atoms with Crippen LogP contribution in [0.4, 0.5) is 11.4 Å². The van der Waals surface area contributed by atoms with Crippen LogP contribution in [0.3, 0.4) is 0 Å². The van der Waals surface area contributed by atoms with E-state index in [9.17, 15) is 0 Å². The van der Waals surface area contributed by atoms with Gasteiger partial charge in [0.15, 0.2) is 0 Å². The molecule has 0 aliphatic heterocycles. The molecular weight excluding hydrogens is 6220 g/mol. The van der Waals surface area contributed by atoms with E-state index in [4.69, 9.17) is 0 Å². The zero-order valence-electron chi connectivity index (χ0n) is 47.2. The Bertz CT molecular complexity index is 398. The van der Waals surface area contributed by atoms with Crippen LogP contribution in [-0.4, -0.2) is 12.0 Å². The molecule has 0 unspecified atom stereocenters. The van der Waals surface area contributed by atoms with E-state index in [1.807, 2.05) is 42.3 Å². The van der Waals surface area contributed by atoms with Crippen molar-refractivity contribution in [1.29, 1.82) is 0 Å². The number of nitrogens with zero attached hydrogens (tertiary/aromatic N) is 2. The minimum absolute atomic E-state index is 0. The summed E-state index contributed by atoms with van der Waals surface area (Å²) in [7, 11) is 1.98. The predicted molar refractivity (Wildman–Crippen MR) is 56.4 cm³/mol. The molecule has 2 nitrogen and oxygen atoms in total. The van der Waals surface area contributed by atoms with Gasteiger partial charge in [-0.2, -0.15) is 30.3 Å². The number of para-hydroxylation sites is 1. The predicted octanol–water partition coefficient (Wildman–Crippen LogP) is 2.28. The van der Waals surface area contributed by atoms with Crippen LogP contribution in [0.1, 0.15) is 0 Å². The Kier molecular flexibility index (Phi) is 2460. The fourth-order valence-electron chi connectivity index (χ4n) is 1.24. The average Bonchev–Trinajstić information content (AvgIpc) is 2.30. The van der Waals surface area contributed by atoms with Gasteiger partial charge in [-0.1, -0.05) is 18.1 Å². The SMILES string of the molecule is CN(c1[c-]cccc1)c1[c-]cncc1.[Y].[Y].[Y].[Y].[Y].[Y].[Y].[Y].[Y].[Y].[Y].[Y].[Y].[Y].[Y].[Y].[Y].[Y].[Y].[Y].[Y].[Y].[Y].[Y].[Y].[Y].[Y].[Y].[Y].[Y].[Y].[Y].[Y].[Y].[Y].[Y].[Y].[Y].[Y].[Y].[Y].[Y].[Y].[Y].[Y].[Y].[Y].[Y].[Y].[Y].[Y].[Y].[Y].[Y].[Y].[Y].[Y].[Y].[Y].[Y].[Y].[Y].[Y].[Y].[Y].[Y].[Y].[Y]. The molecule has 0 aliphatic carbocycles. The van der Waals surface area contributed by atoms with Gasteiger partial charge in [-0.25, -0.2) is 6.07 Å². The summed E-state index contributed by atoms with van der Waals surface area (Å²) < 4.78 is 0. The van der Waals surface area contributed by atoms with Crippen LogP contribution >= 0.6 is 0 Å². The molecule has 0 saturated carbocycles. The number of benzene rings is 1. The van der Waals surface area contributed by atoms with Gasteiger partial charge in [-0.15, -0.1) is 11.8 Å². The molecule has 82 heavy (non-hydrogen) atoms. The second kappa shape index (κ2) is 426. The number of anilines is 2. The van der Waals surface area contributed by atoms with Crippen molar-refractivity contribution in [3.63, 3.8) is 0 Å². The molecule has 70 heteroatoms. The van der Waals surface area contributed by atoms with Crippen molar-refractivity contribution in [3.8, 4) is 0 Å². The van der Waals surface area contributed by atoms with Gasteiger partial charge in [0.2, 0.25) is 0 Å². The molecule has 0 bridgehead atoms. The van der Waals surface area contributed by atoms with Crippen molar-refractivity contribution >= 4 is 11.4 Å². The third-order valence-electron chi connectivity index (χ3n) is 2.02. The first-order valence-corrected chi connectivity index (χ1v) is 4.40. The van der Waals surface area contributed by atoms with E-state index in [2.05, 4.69) is 17.1 Å². The van der Waals surface area contributed by atoms with Crippen molar-refractivity contribution in [2.75, 3.05) is 11.9 Å². The van der Waals surface area contributed by atoms with Crippen LogP contribution in [0.2, 0.25) is 0 Å². The Hall–Kier alpha value is 73.2. The molecule has 1 aromatic carbocycles. The van der Waals surface area contributed by atoms with Crippen molar-refractivity contribution in [2.45, 2.75) is 0 Å². The fourth-order valence-corrected chi connectivity index (χ4v) is 1.24. The van der Waals surface area contributed by atoms with Crippen LogP contribution in [0.15, 0.2) is 42.7 Å². The van der Waals surface area contributed by atoms with Crippen LogP contribution in [0.5, 0.6) is 0 Å². The van der Waals surface area contributed by atoms with Crippen molar-refractivity contribution < 1.29 is 2220 Å². The summed E-state index contributed by atoms with van der Waals surface area (Å²) in [5, 5.41) is 0. The molecule has 0 spiro atoms. The molecule has 0 fully saturated rings. The van der Waals surface area contributed by atoms with Gasteiger partial charge < -0.3 is 9.88 Å². The topological polar surface area (TPSA) is 16.1 Å². The second-order valence-electron chi connectivity index (χ2n) is 2.93. The van der Waals surface area contributed by atoms with E-state index in [0.717, 1.165) is 11.4 Å². The Morgan fingerprint density at radius 2 is 0.354 bits per heavy atom. The number of aromatic nitrogens is 1. The molecular formula is C12H10N2Y68-2. The molecule has 2 aromatic rings. The fraction of sp³-hybridized carbons (Fsp3) is 0.0833. The van der Waals surface area contributed by atoms with Gasteiger partial charge in [0.1, 0.15) is 0 Å². The molecule has 0 N–H and O–H groups in total. The van der Waals surface area contributed by atoms with E-state index in [-0.39, 0.29) is 2220 Å². The third-order valence-corrected chi connectivity index (χ3v) is 2.02. The third kappa shape index (κ3) is 376. The molecule has 1 aromatic heterocycles. The summed E-state index contributed by atoms with van der Waals surface area (Å²) in [6.45, 7) is 0. The first-order valence-electron chi connectivity index (χ1n) is 4.40. The molecule has 0 aliphatic rings. The number of hydrogen-bond acceptors (Lipinski definition) is 2. The van der Waals surface area contributed by atoms with E-state index in [1.165, 1.54) is 0 Å². The van der Waals surface area contributed by atoms with Gasteiger partial charge in [-0.3, -0.25) is 0 Å². The maximum Gasteiger partial charge on any atom is 0.00615 e. The minimum atomic E-state index is 0. The molecule has 1 heterocycles. The van der Waals surface area contributed by atoms with Crippen LogP contribution in [-0.2, 0) is 2220 Å². The van der Waals surface area contributed by atoms with Gasteiger partial charge >= 0.3 is 0 Å². The zero-order chi connectivity index (χ0) is 9.80. The van der Waals surface area contributed by atoms with Crippen LogP contribution < -0.4 is 4.90 Å². The Morgan fingerprint density at radius 3 is 0.463 bits per heavy atom. The Morgan fingerprint density at radius 1 is 0.207 bits per heavy atom. The number of rotatable bonds is 2. The van der Waals surface area contributed by atoms with Crippen LogP contribution in [0, 0.1) is 12.1 Å². The maximum atomic E-state index is 3.93. The van der Waals surface area contributed by atoms with E-state index < -0.39 is 0 Å². The van der Waals surface area contributed by atoms with Crippen molar-refractivity contribution in [1.82, 2.24) is 4.98 Å². The number of hydrogen-bond donors (Lipinski definition) is 0. The summed E-state index contributed by atoms with van der Waals surface area (Å²) in [5.41, 5.74) is 2.01. The quantitative estimate of drug-likeness (QED) is 0.430. The summed E-state index contributed by atoms with van der Waals surface area (Å²) in [6.07, 6.45) is 3.42. The summed E-state index contributed by atoms with van der Waals surface area (Å²) in [5.74, 6) is 0. The zero-order valence-corrected chi connectivity index (χ0v) is 240. The molecule has 0 amide bonds. The van der Waals surface area contributed by atoms with Crippen molar-refractivity contribution in [2.24, 2.45) is 0 Å². The normalized spacial score (nSPS) is 1.67. The Labute approximate surface area is 2220 Å². The largest absolute Gasteiger partial charge is 0.402 e. The molecule has 0 saturated heterocycles. The standard InChI is InChI=1S/C12H10N2.68Y/c1-14(11-5-3-2-4-6-11)12-7-9-13-10-8-12;;;;;;;;;;;;;;;;;;;;;;;;;;;;;;;;;;;;;;;;;;;;;;;;;;;;;;;;;;;;;;;;;;;;/h2-5,7,9-10H,1H3;;;;;;;;;;;;;;;;;;;;;;;;;;;;;;;;;;;;;;;;;;;;;;;;;;;;;;;;;;;;;;;;;;;;/q-2;;;;;;;;;;;;;;;;;;;;;;;;;;;;;;;;;;;;;;;;;;;;;;;;;;;;;;;;;;;;;;;;;;;;. The smallest absolute Gasteiger partial charge is 0.00615 e. The van der Waals surface area contributed by atoms with E-state index in [0.29, 0.717) is 0 Å². The second-order valence-corrected chi connectivity index (χ2v) is 2.93. The van der Waals surface area contributed by atoms with E-state index in [1.54, 1.807) is 12.4 Å². The minimum Gasteiger partial charge on any atom is -0.402 e. The molecule has 274 valence electrons. The summed E-state index contributed by atoms with van der Waals surface area (Å²) in [6, 6.07) is 16.0. The van der Waals surface area contributed by atoms with Gasteiger partial charge in [0.25, 0.3) is 0 Å².